The predicted octanol–water partition coefficient (Wildman–Crippen LogP) is 1.82. The number of hydrogen-bond acceptors (Lipinski definition) is 5. The van der Waals surface area contributed by atoms with Crippen LogP contribution in [-0.4, -0.2) is 38.3 Å². The second kappa shape index (κ2) is 9.54. The molecule has 27 heavy (non-hydrogen) atoms. The van der Waals surface area contributed by atoms with Gasteiger partial charge in [-0.1, -0.05) is 24.3 Å². The van der Waals surface area contributed by atoms with Gasteiger partial charge in [-0.25, -0.2) is 13.6 Å². The van der Waals surface area contributed by atoms with E-state index in [1.54, 1.807) is 48.2 Å². The zero-order valence-corrected chi connectivity index (χ0v) is 16.3. The molecule has 2 aromatic rings. The van der Waals surface area contributed by atoms with Gasteiger partial charge in [-0.2, -0.15) is 11.8 Å². The van der Waals surface area contributed by atoms with E-state index in [4.69, 9.17) is 5.14 Å². The summed E-state index contributed by atoms with van der Waals surface area (Å²) in [6.45, 7) is 0. The molecule has 0 saturated heterocycles. The molecule has 0 unspecified atom stereocenters. The lowest BCUT2D eigenvalue weighted by Crippen LogP contribution is -2.44. The molecule has 2 rings (SSSR count). The van der Waals surface area contributed by atoms with Crippen LogP contribution >= 0.6 is 11.8 Å². The summed E-state index contributed by atoms with van der Waals surface area (Å²) < 4.78 is 22.9. The van der Waals surface area contributed by atoms with Crippen molar-refractivity contribution in [1.29, 1.82) is 0 Å². The zero-order valence-electron chi connectivity index (χ0n) is 14.7. The Hall–Kier alpha value is -2.36. The minimum atomic E-state index is -3.87. The molecule has 1 atom stereocenters. The van der Waals surface area contributed by atoms with Gasteiger partial charge in [0.15, 0.2) is 0 Å². The maximum absolute atomic E-state index is 12.6. The molecule has 0 spiro atoms. The van der Waals surface area contributed by atoms with Gasteiger partial charge in [0.05, 0.1) is 4.90 Å². The Morgan fingerprint density at radius 2 is 1.81 bits per heavy atom. The van der Waals surface area contributed by atoms with E-state index in [9.17, 15) is 18.0 Å². The van der Waals surface area contributed by atoms with Crippen LogP contribution in [0.3, 0.4) is 0 Å². The second-order valence-electron chi connectivity index (χ2n) is 5.74. The quantitative estimate of drug-likeness (QED) is 0.617. The highest BCUT2D eigenvalue weighted by molar-refractivity contribution is 7.98. The fourth-order valence-electron chi connectivity index (χ4n) is 2.32. The fraction of sp³-hybridized carbons (Fsp3) is 0.222. The van der Waals surface area contributed by atoms with Crippen LogP contribution < -0.4 is 15.8 Å². The third-order valence-corrected chi connectivity index (χ3v) is 5.25. The number of carbonyl (C=O) groups is 2. The summed E-state index contributed by atoms with van der Waals surface area (Å²) in [6.07, 6.45) is 2.34. The zero-order chi connectivity index (χ0) is 19.9. The number of thioether (sulfide) groups is 1. The molecule has 0 aliphatic rings. The van der Waals surface area contributed by atoms with Crippen molar-refractivity contribution in [2.75, 3.05) is 17.3 Å². The summed E-state index contributed by atoms with van der Waals surface area (Å²) in [4.78, 5) is 24.9. The number of sulfonamides is 1. The highest BCUT2D eigenvalue weighted by Gasteiger charge is 2.21. The van der Waals surface area contributed by atoms with Crippen LogP contribution in [-0.2, 0) is 14.8 Å². The first kappa shape index (κ1) is 20.9. The predicted molar refractivity (Wildman–Crippen MR) is 107 cm³/mol. The SMILES string of the molecule is CSCC[C@@H](NC(=O)c1ccccc1)C(=O)Nc1cccc(S(N)(=O)=O)c1. The van der Waals surface area contributed by atoms with E-state index in [0.717, 1.165) is 0 Å². The van der Waals surface area contributed by atoms with Crippen LogP contribution in [0.15, 0.2) is 59.5 Å². The molecule has 0 aliphatic carbocycles. The summed E-state index contributed by atoms with van der Waals surface area (Å²) >= 11 is 1.56. The fourth-order valence-corrected chi connectivity index (χ4v) is 3.35. The number of hydrogen-bond donors (Lipinski definition) is 3. The van der Waals surface area contributed by atoms with E-state index in [-0.39, 0.29) is 16.5 Å². The average Bonchev–Trinajstić information content (AvgIpc) is 2.65. The summed E-state index contributed by atoms with van der Waals surface area (Å²) in [5, 5.41) is 10.5. The van der Waals surface area contributed by atoms with Crippen molar-refractivity contribution < 1.29 is 18.0 Å². The third kappa shape index (κ3) is 6.38. The van der Waals surface area contributed by atoms with Crippen LogP contribution in [0.5, 0.6) is 0 Å². The number of carbonyl (C=O) groups excluding carboxylic acids is 2. The van der Waals surface area contributed by atoms with Gasteiger partial charge in [-0.05, 0) is 48.8 Å². The lowest BCUT2D eigenvalue weighted by Gasteiger charge is -2.18. The van der Waals surface area contributed by atoms with E-state index >= 15 is 0 Å². The van der Waals surface area contributed by atoms with Gasteiger partial charge in [0.25, 0.3) is 5.91 Å². The highest BCUT2D eigenvalue weighted by atomic mass is 32.2. The topological polar surface area (TPSA) is 118 Å². The molecular formula is C18H21N3O4S2. The lowest BCUT2D eigenvalue weighted by atomic mass is 10.1. The molecule has 0 heterocycles. The number of amides is 2. The average molecular weight is 408 g/mol. The minimum absolute atomic E-state index is 0.103. The van der Waals surface area contributed by atoms with Crippen molar-refractivity contribution in [3.05, 3.63) is 60.2 Å². The van der Waals surface area contributed by atoms with Gasteiger partial charge in [0.2, 0.25) is 15.9 Å². The van der Waals surface area contributed by atoms with E-state index in [2.05, 4.69) is 10.6 Å². The standard InChI is InChI=1S/C18H21N3O4S2/c1-26-11-10-16(21-17(22)13-6-3-2-4-7-13)18(23)20-14-8-5-9-15(12-14)27(19,24)25/h2-9,12,16H,10-11H2,1H3,(H,20,23)(H,21,22)(H2,19,24,25)/t16-/m1/s1. The number of rotatable bonds is 8. The number of primary sulfonamides is 1. The Bertz CT molecular complexity index is 902. The Labute approximate surface area is 162 Å². The molecule has 2 aromatic carbocycles. The summed E-state index contributed by atoms with van der Waals surface area (Å²) in [5.74, 6) is -0.111. The van der Waals surface area contributed by atoms with Gasteiger partial charge in [-0.15, -0.1) is 0 Å². The van der Waals surface area contributed by atoms with Gasteiger partial charge in [-0.3, -0.25) is 9.59 Å². The Morgan fingerprint density at radius 1 is 1.11 bits per heavy atom. The Morgan fingerprint density at radius 3 is 2.44 bits per heavy atom. The third-order valence-electron chi connectivity index (χ3n) is 3.70. The molecule has 0 aromatic heterocycles. The van der Waals surface area contributed by atoms with Crippen LogP contribution in [0.1, 0.15) is 16.8 Å². The van der Waals surface area contributed by atoms with Gasteiger partial charge in [0.1, 0.15) is 6.04 Å². The smallest absolute Gasteiger partial charge is 0.251 e. The van der Waals surface area contributed by atoms with Gasteiger partial charge < -0.3 is 10.6 Å². The van der Waals surface area contributed by atoms with Crippen molar-refractivity contribution in [1.82, 2.24) is 5.32 Å². The second-order valence-corrected chi connectivity index (χ2v) is 8.28. The van der Waals surface area contributed by atoms with Crippen molar-refractivity contribution in [2.24, 2.45) is 5.14 Å². The summed E-state index contributed by atoms with van der Waals surface area (Å²) in [5.41, 5.74) is 0.741. The van der Waals surface area contributed by atoms with E-state index in [0.29, 0.717) is 17.7 Å². The van der Waals surface area contributed by atoms with E-state index in [1.165, 1.54) is 18.2 Å². The normalized spacial score (nSPS) is 12.2. The monoisotopic (exact) mass is 407 g/mol. The van der Waals surface area contributed by atoms with E-state index in [1.807, 2.05) is 6.26 Å². The molecular weight excluding hydrogens is 386 g/mol. The van der Waals surface area contributed by atoms with Crippen molar-refractivity contribution in [2.45, 2.75) is 17.4 Å². The number of anilines is 1. The number of nitrogens with two attached hydrogens (primary N) is 1. The van der Waals surface area contributed by atoms with Crippen LogP contribution in [0.25, 0.3) is 0 Å². The highest BCUT2D eigenvalue weighted by Crippen LogP contribution is 2.15. The molecule has 0 aliphatic heterocycles. The molecule has 144 valence electrons. The number of benzene rings is 2. The molecule has 4 N–H and O–H groups in total. The van der Waals surface area contributed by atoms with Gasteiger partial charge in [0, 0.05) is 11.3 Å². The first-order valence-corrected chi connectivity index (χ1v) is 11.0. The van der Waals surface area contributed by atoms with Crippen LogP contribution in [0.2, 0.25) is 0 Å². The van der Waals surface area contributed by atoms with Crippen LogP contribution in [0.4, 0.5) is 5.69 Å². The van der Waals surface area contributed by atoms with Crippen molar-refractivity contribution in [3.8, 4) is 0 Å². The molecule has 7 nitrogen and oxygen atoms in total. The largest absolute Gasteiger partial charge is 0.340 e. The molecule has 0 saturated carbocycles. The maximum atomic E-state index is 12.6. The first-order valence-electron chi connectivity index (χ1n) is 8.10. The van der Waals surface area contributed by atoms with Crippen molar-refractivity contribution in [3.63, 3.8) is 0 Å². The molecule has 0 bridgehead atoms. The Balaban J connectivity index is 2.14. The first-order chi connectivity index (χ1) is 12.8. The molecule has 0 radical (unpaired) electrons. The summed E-state index contributed by atoms with van der Waals surface area (Å²) in [7, 11) is -3.87. The molecule has 9 heteroatoms. The molecule has 0 fully saturated rings. The maximum Gasteiger partial charge on any atom is 0.251 e. The van der Waals surface area contributed by atoms with E-state index < -0.39 is 22.0 Å². The minimum Gasteiger partial charge on any atom is -0.340 e. The van der Waals surface area contributed by atoms with Crippen LogP contribution in [0, 0.1) is 0 Å². The number of nitrogens with one attached hydrogen (secondary N) is 2. The van der Waals surface area contributed by atoms with Gasteiger partial charge >= 0.3 is 0 Å². The van der Waals surface area contributed by atoms with Crippen molar-refractivity contribution >= 4 is 39.3 Å². The lowest BCUT2D eigenvalue weighted by molar-refractivity contribution is -0.118. The molecule has 2 amide bonds. The summed E-state index contributed by atoms with van der Waals surface area (Å²) in [6, 6.07) is 13.5. The Kier molecular flexibility index (Phi) is 7.40.